The van der Waals surface area contributed by atoms with Gasteiger partial charge >= 0.3 is 0 Å². The van der Waals surface area contributed by atoms with E-state index in [0.717, 1.165) is 38.6 Å². The van der Waals surface area contributed by atoms with E-state index in [9.17, 15) is 14.4 Å². The van der Waals surface area contributed by atoms with Gasteiger partial charge in [0.25, 0.3) is 0 Å². The molecule has 2 fully saturated rings. The molecule has 2 saturated heterocycles. The van der Waals surface area contributed by atoms with Crippen LogP contribution in [0.1, 0.15) is 66.7 Å². The number of likely N-dealkylation sites (N-methyl/N-ethyl adjacent to an activating group) is 2. The lowest BCUT2D eigenvalue weighted by molar-refractivity contribution is -0.140. The summed E-state index contributed by atoms with van der Waals surface area (Å²) < 4.78 is 10.8. The van der Waals surface area contributed by atoms with Crippen molar-refractivity contribution in [3.05, 3.63) is 11.6 Å². The molecule has 2 heterocycles. The standard InChI is InChI=1S/C29H52N4O5/c1-19(2)25(16-21(5)28(35)33-22(17-37-8)13-14-23(33)18-38-9)32(7)29(36)26(20(3)4)30-27(34)24-12-10-11-15-31(24)6/h16,19-20,22-26H,10-15,17-18H2,1-9H3,(H,30,34)/b21-16+/t22-,23-,24?,25+,26-/m0/s1. The van der Waals surface area contributed by atoms with E-state index < -0.39 is 6.04 Å². The van der Waals surface area contributed by atoms with E-state index in [-0.39, 0.29) is 53.7 Å². The highest BCUT2D eigenvalue weighted by molar-refractivity contribution is 5.94. The maximum Gasteiger partial charge on any atom is 0.249 e. The van der Waals surface area contributed by atoms with Gasteiger partial charge in [-0.1, -0.05) is 40.2 Å². The summed E-state index contributed by atoms with van der Waals surface area (Å²) in [5, 5.41) is 3.06. The second kappa shape index (κ2) is 15.0. The molecular formula is C29H52N4O5. The highest BCUT2D eigenvalue weighted by Crippen LogP contribution is 2.27. The zero-order chi connectivity index (χ0) is 28.6. The Kier molecular flexibility index (Phi) is 12.7. The number of amides is 3. The van der Waals surface area contributed by atoms with Crippen LogP contribution in [0.25, 0.3) is 0 Å². The van der Waals surface area contributed by atoms with Gasteiger partial charge in [-0.05, 0) is 58.0 Å². The molecule has 1 N–H and O–H groups in total. The minimum atomic E-state index is -0.635. The van der Waals surface area contributed by atoms with Crippen molar-refractivity contribution in [1.82, 2.24) is 20.0 Å². The number of piperidine rings is 1. The summed E-state index contributed by atoms with van der Waals surface area (Å²) in [6, 6.07) is -1.13. The summed E-state index contributed by atoms with van der Waals surface area (Å²) in [4.78, 5) is 46.2. The molecular weight excluding hydrogens is 484 g/mol. The van der Waals surface area contributed by atoms with E-state index in [4.69, 9.17) is 9.47 Å². The van der Waals surface area contributed by atoms with Crippen molar-refractivity contribution >= 4 is 17.7 Å². The van der Waals surface area contributed by atoms with Crippen LogP contribution in [-0.4, -0.2) is 111 Å². The molecule has 3 amide bonds. The lowest BCUT2D eigenvalue weighted by atomic mass is 9.96. The van der Waals surface area contributed by atoms with E-state index in [1.165, 1.54) is 0 Å². The van der Waals surface area contributed by atoms with Crippen molar-refractivity contribution in [1.29, 1.82) is 0 Å². The Balaban J connectivity index is 2.23. The topological polar surface area (TPSA) is 91.4 Å². The molecule has 0 aliphatic carbocycles. The average molecular weight is 537 g/mol. The third-order valence-electron chi connectivity index (χ3n) is 8.11. The second-order valence-corrected chi connectivity index (χ2v) is 11.8. The van der Waals surface area contributed by atoms with Gasteiger partial charge in [0, 0.05) is 26.8 Å². The minimum Gasteiger partial charge on any atom is -0.383 e. The molecule has 0 aromatic carbocycles. The van der Waals surface area contributed by atoms with Gasteiger partial charge in [-0.15, -0.1) is 0 Å². The van der Waals surface area contributed by atoms with Gasteiger partial charge in [0.2, 0.25) is 17.7 Å². The van der Waals surface area contributed by atoms with E-state index in [2.05, 4.69) is 10.2 Å². The second-order valence-electron chi connectivity index (χ2n) is 11.8. The first-order valence-electron chi connectivity index (χ1n) is 14.2. The van der Waals surface area contributed by atoms with Gasteiger partial charge in [0.05, 0.1) is 37.4 Å². The third-order valence-corrected chi connectivity index (χ3v) is 8.11. The summed E-state index contributed by atoms with van der Waals surface area (Å²) in [5.41, 5.74) is 0.599. The van der Waals surface area contributed by atoms with Gasteiger partial charge in [-0.2, -0.15) is 0 Å². The fourth-order valence-corrected chi connectivity index (χ4v) is 5.82. The molecule has 0 aromatic heterocycles. The van der Waals surface area contributed by atoms with Crippen molar-refractivity contribution in [2.24, 2.45) is 11.8 Å². The van der Waals surface area contributed by atoms with Gasteiger partial charge in [0.1, 0.15) is 6.04 Å². The van der Waals surface area contributed by atoms with Crippen LogP contribution in [0.3, 0.4) is 0 Å². The van der Waals surface area contributed by atoms with Crippen LogP contribution >= 0.6 is 0 Å². The lowest BCUT2D eigenvalue weighted by Gasteiger charge is -2.36. The van der Waals surface area contributed by atoms with Crippen LogP contribution in [0.5, 0.6) is 0 Å². The molecule has 0 radical (unpaired) electrons. The SMILES string of the molecule is COC[C@@H]1CC[C@@H](COC)N1C(=O)/C(C)=C/[C@H](C(C)C)N(C)C(=O)[C@@H](NC(=O)C1CCCCN1C)C(C)C. The first kappa shape index (κ1) is 32.2. The van der Waals surface area contributed by atoms with Crippen molar-refractivity contribution in [3.63, 3.8) is 0 Å². The quantitative estimate of drug-likeness (QED) is 0.386. The van der Waals surface area contributed by atoms with Gasteiger partial charge in [0.15, 0.2) is 0 Å². The number of rotatable bonds is 12. The number of methoxy groups -OCH3 is 2. The highest BCUT2D eigenvalue weighted by atomic mass is 16.5. The Morgan fingerprint density at radius 1 is 0.974 bits per heavy atom. The van der Waals surface area contributed by atoms with Crippen LogP contribution in [-0.2, 0) is 23.9 Å². The van der Waals surface area contributed by atoms with E-state index in [1.807, 2.05) is 52.6 Å². The minimum absolute atomic E-state index is 0.00585. The predicted octanol–water partition coefficient (Wildman–Crippen LogP) is 2.69. The maximum absolute atomic E-state index is 13.8. The monoisotopic (exact) mass is 536 g/mol. The first-order chi connectivity index (χ1) is 17.9. The van der Waals surface area contributed by atoms with Crippen molar-refractivity contribution in [3.8, 4) is 0 Å². The Morgan fingerprint density at radius 2 is 1.55 bits per heavy atom. The molecule has 9 heteroatoms. The fraction of sp³-hybridized carbons (Fsp3) is 0.828. The highest BCUT2D eigenvalue weighted by Gasteiger charge is 2.38. The summed E-state index contributed by atoms with van der Waals surface area (Å²) in [5.74, 6) is -0.276. The predicted molar refractivity (Wildman–Crippen MR) is 150 cm³/mol. The summed E-state index contributed by atoms with van der Waals surface area (Å²) in [6.45, 7) is 11.7. The molecule has 218 valence electrons. The van der Waals surface area contributed by atoms with Gasteiger partial charge < -0.3 is 24.6 Å². The number of carbonyl (C=O) groups is 3. The Labute approximate surface area is 230 Å². The number of hydrogen-bond donors (Lipinski definition) is 1. The molecule has 38 heavy (non-hydrogen) atoms. The van der Waals surface area contributed by atoms with Crippen molar-refractivity contribution in [2.45, 2.75) is 96.9 Å². The molecule has 0 bridgehead atoms. The first-order valence-corrected chi connectivity index (χ1v) is 14.2. The van der Waals surface area contributed by atoms with Crippen LogP contribution in [0, 0.1) is 11.8 Å². The van der Waals surface area contributed by atoms with Crippen molar-refractivity contribution in [2.75, 3.05) is 48.1 Å². The molecule has 5 atom stereocenters. The summed E-state index contributed by atoms with van der Waals surface area (Å²) in [7, 11) is 7.05. The van der Waals surface area contributed by atoms with Gasteiger partial charge in [-0.25, -0.2) is 0 Å². The largest absolute Gasteiger partial charge is 0.383 e. The van der Waals surface area contributed by atoms with Crippen LogP contribution in [0.2, 0.25) is 0 Å². The van der Waals surface area contributed by atoms with Crippen LogP contribution < -0.4 is 5.32 Å². The normalized spacial score (nSPS) is 24.6. The molecule has 2 rings (SSSR count). The fourth-order valence-electron chi connectivity index (χ4n) is 5.82. The smallest absolute Gasteiger partial charge is 0.249 e. The van der Waals surface area contributed by atoms with Crippen LogP contribution in [0.4, 0.5) is 0 Å². The Hall–Kier alpha value is -1.97. The van der Waals surface area contributed by atoms with Crippen LogP contribution in [0.15, 0.2) is 11.6 Å². The molecule has 9 nitrogen and oxygen atoms in total. The lowest BCUT2D eigenvalue weighted by Crippen LogP contribution is -2.57. The Bertz CT molecular complexity index is 816. The zero-order valence-corrected chi connectivity index (χ0v) is 25.2. The molecule has 2 aliphatic rings. The number of nitrogens with one attached hydrogen (secondary N) is 1. The molecule has 0 aromatic rings. The Morgan fingerprint density at radius 3 is 2.03 bits per heavy atom. The van der Waals surface area contributed by atoms with Crippen molar-refractivity contribution < 1.29 is 23.9 Å². The molecule has 1 unspecified atom stereocenters. The molecule has 0 saturated carbocycles. The third kappa shape index (κ3) is 8.02. The summed E-state index contributed by atoms with van der Waals surface area (Å²) in [6.07, 6.45) is 6.57. The number of nitrogens with zero attached hydrogens (tertiary/aromatic N) is 3. The summed E-state index contributed by atoms with van der Waals surface area (Å²) >= 11 is 0. The number of ether oxygens (including phenoxy) is 2. The van der Waals surface area contributed by atoms with Gasteiger partial charge in [-0.3, -0.25) is 19.3 Å². The zero-order valence-electron chi connectivity index (χ0n) is 25.2. The maximum atomic E-state index is 13.8. The van der Waals surface area contributed by atoms with E-state index >= 15 is 0 Å². The number of likely N-dealkylation sites (tertiary alicyclic amines) is 2. The number of hydrogen-bond acceptors (Lipinski definition) is 6. The number of carbonyl (C=O) groups excluding carboxylic acids is 3. The van der Waals surface area contributed by atoms with E-state index in [0.29, 0.717) is 18.8 Å². The molecule has 0 spiro atoms. The average Bonchev–Trinajstić information content (AvgIpc) is 3.26. The molecule has 2 aliphatic heterocycles. The van der Waals surface area contributed by atoms with E-state index in [1.54, 1.807) is 26.2 Å².